The maximum atomic E-state index is 13.5. The highest BCUT2D eigenvalue weighted by Gasteiger charge is 2.35. The Morgan fingerprint density at radius 3 is 2.59 bits per heavy atom. The molecule has 164 valence electrons. The van der Waals surface area contributed by atoms with Gasteiger partial charge in [-0.2, -0.15) is 0 Å². The Balaban J connectivity index is 1.47. The van der Waals surface area contributed by atoms with E-state index in [0.29, 0.717) is 24.2 Å². The van der Waals surface area contributed by atoms with Crippen molar-refractivity contribution in [3.8, 4) is 0 Å². The third kappa shape index (κ3) is 4.53. The third-order valence-electron chi connectivity index (χ3n) is 6.78. The average Bonchev–Trinajstić information content (AvgIpc) is 3.19. The van der Waals surface area contributed by atoms with E-state index in [-0.39, 0.29) is 5.91 Å². The second kappa shape index (κ2) is 9.53. The Kier molecular flexibility index (Phi) is 6.17. The molecule has 0 aliphatic carbocycles. The molecule has 1 aromatic heterocycles. The number of nitrogens with one attached hydrogen (secondary N) is 1. The molecule has 1 N–H and O–H groups in total. The molecule has 1 amide bonds. The number of amides is 1. The van der Waals surface area contributed by atoms with Crippen LogP contribution in [0.2, 0.25) is 0 Å². The van der Waals surface area contributed by atoms with Gasteiger partial charge in [-0.1, -0.05) is 48.5 Å². The van der Waals surface area contributed by atoms with Gasteiger partial charge in [-0.15, -0.1) is 0 Å². The number of aromatic nitrogens is 1. The van der Waals surface area contributed by atoms with Gasteiger partial charge in [0.25, 0.3) is 5.91 Å². The number of para-hydroxylation sites is 1. The molecule has 32 heavy (non-hydrogen) atoms. The fourth-order valence-corrected chi connectivity index (χ4v) is 5.13. The van der Waals surface area contributed by atoms with Crippen molar-refractivity contribution in [2.75, 3.05) is 18.4 Å². The van der Waals surface area contributed by atoms with Crippen LogP contribution in [0.5, 0.6) is 0 Å². The summed E-state index contributed by atoms with van der Waals surface area (Å²) in [4.78, 5) is 22.4. The minimum absolute atomic E-state index is 0.0512. The van der Waals surface area contributed by atoms with Gasteiger partial charge in [0.1, 0.15) is 0 Å². The van der Waals surface area contributed by atoms with E-state index >= 15 is 0 Å². The second-order valence-corrected chi connectivity index (χ2v) is 8.84. The van der Waals surface area contributed by atoms with E-state index in [0.717, 1.165) is 43.7 Å². The van der Waals surface area contributed by atoms with Gasteiger partial charge < -0.3 is 10.2 Å². The van der Waals surface area contributed by atoms with Crippen molar-refractivity contribution in [1.82, 2.24) is 14.8 Å². The molecule has 0 unspecified atom stereocenters. The third-order valence-corrected chi connectivity index (χ3v) is 6.78. The number of benzene rings is 2. The van der Waals surface area contributed by atoms with E-state index in [4.69, 9.17) is 0 Å². The van der Waals surface area contributed by atoms with Gasteiger partial charge in [0, 0.05) is 56.3 Å². The van der Waals surface area contributed by atoms with Crippen molar-refractivity contribution in [2.45, 2.75) is 44.4 Å². The first-order chi connectivity index (χ1) is 15.8. The second-order valence-electron chi connectivity index (χ2n) is 8.84. The predicted molar refractivity (Wildman–Crippen MR) is 127 cm³/mol. The highest BCUT2D eigenvalue weighted by atomic mass is 16.2. The first-order valence-electron chi connectivity index (χ1n) is 11.6. The molecule has 2 aliphatic rings. The molecule has 3 aromatic rings. The summed E-state index contributed by atoms with van der Waals surface area (Å²) >= 11 is 0. The zero-order chi connectivity index (χ0) is 21.8. The van der Waals surface area contributed by atoms with Gasteiger partial charge in [-0.25, -0.2) is 0 Å². The molecule has 5 heteroatoms. The molecule has 2 aliphatic heterocycles. The van der Waals surface area contributed by atoms with Crippen LogP contribution in [0, 0.1) is 0 Å². The van der Waals surface area contributed by atoms with Gasteiger partial charge in [-0.3, -0.25) is 14.7 Å². The van der Waals surface area contributed by atoms with Gasteiger partial charge in [0.15, 0.2) is 0 Å². The van der Waals surface area contributed by atoms with E-state index in [1.165, 1.54) is 12.0 Å². The molecule has 0 radical (unpaired) electrons. The molecule has 2 atom stereocenters. The lowest BCUT2D eigenvalue weighted by Gasteiger charge is -2.34. The molecule has 1 fully saturated rings. The zero-order valence-corrected chi connectivity index (χ0v) is 18.4. The Bertz CT molecular complexity index is 1040. The van der Waals surface area contributed by atoms with E-state index < -0.39 is 0 Å². The fraction of sp³-hybridized carbons (Fsp3) is 0.333. The summed E-state index contributed by atoms with van der Waals surface area (Å²) in [7, 11) is 0. The fourth-order valence-electron chi connectivity index (χ4n) is 5.13. The molecule has 5 nitrogen and oxygen atoms in total. The zero-order valence-electron chi connectivity index (χ0n) is 18.4. The number of carbonyl (C=O) groups excluding carboxylic acids is 1. The largest absolute Gasteiger partial charge is 0.385 e. The van der Waals surface area contributed by atoms with Gasteiger partial charge in [0.2, 0.25) is 0 Å². The molecular formula is C27H30N4O. The first-order valence-corrected chi connectivity index (χ1v) is 11.6. The minimum atomic E-state index is 0.0512. The van der Waals surface area contributed by atoms with Crippen LogP contribution in [0.3, 0.4) is 0 Å². The lowest BCUT2D eigenvalue weighted by Crippen LogP contribution is -2.44. The van der Waals surface area contributed by atoms with Crippen LogP contribution in [0.1, 0.15) is 40.7 Å². The monoisotopic (exact) mass is 426 g/mol. The predicted octanol–water partition coefficient (Wildman–Crippen LogP) is 4.57. The Labute approximate surface area is 190 Å². The summed E-state index contributed by atoms with van der Waals surface area (Å²) in [6.07, 6.45) is 6.79. The van der Waals surface area contributed by atoms with Crippen LogP contribution >= 0.6 is 0 Å². The van der Waals surface area contributed by atoms with Crippen molar-refractivity contribution < 1.29 is 4.79 Å². The lowest BCUT2D eigenvalue weighted by molar-refractivity contribution is 0.0663. The summed E-state index contributed by atoms with van der Waals surface area (Å²) in [5, 5.41) is 3.65. The Hall–Kier alpha value is -3.18. The number of carbonyl (C=O) groups is 1. The van der Waals surface area contributed by atoms with Crippen molar-refractivity contribution in [2.24, 2.45) is 0 Å². The Morgan fingerprint density at radius 1 is 0.938 bits per heavy atom. The molecule has 2 aromatic carbocycles. The van der Waals surface area contributed by atoms with Crippen molar-refractivity contribution in [1.29, 1.82) is 0 Å². The van der Waals surface area contributed by atoms with Crippen LogP contribution in [0.25, 0.3) is 0 Å². The number of fused-ring (bicyclic) bond motifs is 3. The molecule has 0 spiro atoms. The number of rotatable bonds is 3. The number of hydrogen-bond donors (Lipinski definition) is 1. The molecule has 5 rings (SSSR count). The highest BCUT2D eigenvalue weighted by Crippen LogP contribution is 2.31. The van der Waals surface area contributed by atoms with Crippen molar-refractivity contribution in [3.63, 3.8) is 0 Å². The van der Waals surface area contributed by atoms with Crippen LogP contribution in [0.15, 0.2) is 79.1 Å². The van der Waals surface area contributed by atoms with Crippen LogP contribution < -0.4 is 5.32 Å². The quantitative estimate of drug-likeness (QED) is 0.666. The van der Waals surface area contributed by atoms with Crippen LogP contribution in [-0.2, 0) is 13.1 Å². The molecule has 3 heterocycles. The van der Waals surface area contributed by atoms with E-state index in [2.05, 4.69) is 69.8 Å². The number of hydrogen-bond acceptors (Lipinski definition) is 4. The molecule has 1 saturated heterocycles. The first kappa shape index (κ1) is 20.7. The van der Waals surface area contributed by atoms with E-state index in [1.807, 2.05) is 17.0 Å². The molecular weight excluding hydrogens is 396 g/mol. The number of nitrogens with zero attached hydrogens (tertiary/aromatic N) is 3. The summed E-state index contributed by atoms with van der Waals surface area (Å²) in [6.45, 7) is 3.19. The standard InChI is InChI=1S/C27H30N4O/c32-27(22-10-6-15-28-17-22)30-19-23-9-4-5-11-26(23)29-16-14-24-12-13-25(20-30)31(24)18-21-7-2-1-3-8-21/h1-11,15,17,24-25,29H,12-14,16,18-20H2/t24-,25+/m0/s1. The van der Waals surface area contributed by atoms with Crippen LogP contribution in [-0.4, -0.2) is 45.9 Å². The number of pyridine rings is 1. The number of anilines is 1. The van der Waals surface area contributed by atoms with Crippen molar-refractivity contribution in [3.05, 3.63) is 95.8 Å². The SMILES string of the molecule is O=C(c1cccnc1)N1Cc2ccccc2NCC[C@@H]2CC[C@H](C1)N2Cc1ccccc1. The highest BCUT2D eigenvalue weighted by molar-refractivity contribution is 5.94. The summed E-state index contributed by atoms with van der Waals surface area (Å²) < 4.78 is 0. The maximum Gasteiger partial charge on any atom is 0.255 e. The minimum Gasteiger partial charge on any atom is -0.385 e. The molecule has 0 saturated carbocycles. The smallest absolute Gasteiger partial charge is 0.255 e. The Morgan fingerprint density at radius 2 is 1.75 bits per heavy atom. The average molecular weight is 427 g/mol. The van der Waals surface area contributed by atoms with Gasteiger partial charge in [0.05, 0.1) is 5.56 Å². The lowest BCUT2D eigenvalue weighted by atomic mass is 10.1. The summed E-state index contributed by atoms with van der Waals surface area (Å²) in [5.41, 5.74) is 4.28. The summed E-state index contributed by atoms with van der Waals surface area (Å²) in [5.74, 6) is 0.0512. The van der Waals surface area contributed by atoms with Crippen molar-refractivity contribution >= 4 is 11.6 Å². The van der Waals surface area contributed by atoms with Gasteiger partial charge in [-0.05, 0) is 48.6 Å². The molecule has 2 bridgehead atoms. The maximum absolute atomic E-state index is 13.5. The van der Waals surface area contributed by atoms with E-state index in [1.54, 1.807) is 12.4 Å². The van der Waals surface area contributed by atoms with E-state index in [9.17, 15) is 4.79 Å². The summed E-state index contributed by atoms with van der Waals surface area (Å²) in [6, 6.07) is 23.7. The van der Waals surface area contributed by atoms with Gasteiger partial charge >= 0.3 is 0 Å². The van der Waals surface area contributed by atoms with Crippen LogP contribution in [0.4, 0.5) is 5.69 Å². The topological polar surface area (TPSA) is 48.5 Å². The normalized spacial score (nSPS) is 21.3.